The molecule has 0 fully saturated rings. The molecule has 0 aliphatic carbocycles. The SMILES string of the molecule is CC(CS(C)=O)NC1=NCCN1. The molecule has 2 N–H and O–H groups in total. The zero-order valence-corrected chi connectivity index (χ0v) is 8.28. The van der Waals surface area contributed by atoms with Crippen LogP contribution in [-0.2, 0) is 10.8 Å². The van der Waals surface area contributed by atoms with Crippen molar-refractivity contribution in [3.8, 4) is 0 Å². The molecule has 1 aliphatic heterocycles. The Labute approximate surface area is 75.3 Å². The van der Waals surface area contributed by atoms with E-state index < -0.39 is 10.8 Å². The van der Waals surface area contributed by atoms with Crippen LogP contribution in [0, 0.1) is 0 Å². The van der Waals surface area contributed by atoms with Crippen LogP contribution in [0.4, 0.5) is 0 Å². The Morgan fingerprint density at radius 1 is 1.83 bits per heavy atom. The Morgan fingerprint density at radius 2 is 2.58 bits per heavy atom. The molecule has 0 bridgehead atoms. The Balaban J connectivity index is 2.25. The van der Waals surface area contributed by atoms with E-state index in [9.17, 15) is 4.21 Å². The highest BCUT2D eigenvalue weighted by atomic mass is 32.2. The first-order valence-corrected chi connectivity index (χ1v) is 5.76. The number of nitrogens with one attached hydrogen (secondary N) is 2. The van der Waals surface area contributed by atoms with Gasteiger partial charge in [-0.25, -0.2) is 0 Å². The average Bonchev–Trinajstić information content (AvgIpc) is 2.37. The van der Waals surface area contributed by atoms with Gasteiger partial charge in [-0.3, -0.25) is 9.20 Å². The topological polar surface area (TPSA) is 53.5 Å². The lowest BCUT2D eigenvalue weighted by Gasteiger charge is -2.13. The molecule has 4 nitrogen and oxygen atoms in total. The van der Waals surface area contributed by atoms with Crippen molar-refractivity contribution in [2.45, 2.75) is 13.0 Å². The lowest BCUT2D eigenvalue weighted by molar-refractivity contribution is 0.668. The molecule has 1 rings (SSSR count). The summed E-state index contributed by atoms with van der Waals surface area (Å²) in [6, 6.07) is 0.222. The van der Waals surface area contributed by atoms with Crippen LogP contribution < -0.4 is 10.6 Å². The van der Waals surface area contributed by atoms with Gasteiger partial charge in [0.2, 0.25) is 0 Å². The van der Waals surface area contributed by atoms with E-state index in [0.29, 0.717) is 5.75 Å². The standard InChI is InChI=1S/C7H15N3OS/c1-6(5-12(2)11)10-7-8-3-4-9-7/h6H,3-5H2,1-2H3,(H2,8,9,10). The third-order valence-electron chi connectivity index (χ3n) is 1.54. The molecule has 5 heteroatoms. The smallest absolute Gasteiger partial charge is 0.191 e. The summed E-state index contributed by atoms with van der Waals surface area (Å²) >= 11 is 0. The zero-order valence-electron chi connectivity index (χ0n) is 7.46. The Morgan fingerprint density at radius 3 is 3.08 bits per heavy atom. The summed E-state index contributed by atoms with van der Waals surface area (Å²) in [4.78, 5) is 4.18. The molecule has 2 atom stereocenters. The lowest BCUT2D eigenvalue weighted by atomic mass is 10.4. The predicted octanol–water partition coefficient (Wildman–Crippen LogP) is -0.698. The van der Waals surface area contributed by atoms with Crippen LogP contribution in [0.5, 0.6) is 0 Å². The summed E-state index contributed by atoms with van der Waals surface area (Å²) in [6.45, 7) is 3.75. The van der Waals surface area contributed by atoms with E-state index in [1.807, 2.05) is 6.92 Å². The van der Waals surface area contributed by atoms with E-state index in [1.165, 1.54) is 0 Å². The molecular formula is C7H15N3OS. The summed E-state index contributed by atoms with van der Waals surface area (Å²) in [5.74, 6) is 1.51. The highest BCUT2D eigenvalue weighted by Gasteiger charge is 2.09. The quantitative estimate of drug-likeness (QED) is 0.617. The van der Waals surface area contributed by atoms with Crippen molar-refractivity contribution in [1.29, 1.82) is 0 Å². The second-order valence-electron chi connectivity index (χ2n) is 2.94. The monoisotopic (exact) mass is 189 g/mol. The van der Waals surface area contributed by atoms with Crippen LogP contribution in [-0.4, -0.2) is 41.3 Å². The minimum Gasteiger partial charge on any atom is -0.355 e. The van der Waals surface area contributed by atoms with E-state index in [-0.39, 0.29) is 6.04 Å². The van der Waals surface area contributed by atoms with E-state index in [0.717, 1.165) is 19.0 Å². The number of guanidine groups is 1. The Hall–Kier alpha value is -0.580. The van der Waals surface area contributed by atoms with E-state index >= 15 is 0 Å². The van der Waals surface area contributed by atoms with Crippen LogP contribution >= 0.6 is 0 Å². The van der Waals surface area contributed by atoms with Gasteiger partial charge in [0.05, 0.1) is 6.54 Å². The fraction of sp³-hybridized carbons (Fsp3) is 0.857. The zero-order chi connectivity index (χ0) is 8.97. The van der Waals surface area contributed by atoms with Crippen molar-refractivity contribution < 1.29 is 4.21 Å². The maximum Gasteiger partial charge on any atom is 0.191 e. The van der Waals surface area contributed by atoms with Crippen molar-refractivity contribution in [2.75, 3.05) is 25.1 Å². The van der Waals surface area contributed by atoms with Crippen molar-refractivity contribution in [2.24, 2.45) is 4.99 Å². The maximum absolute atomic E-state index is 10.8. The highest BCUT2D eigenvalue weighted by molar-refractivity contribution is 7.84. The molecule has 1 aliphatic rings. The molecule has 2 unspecified atom stereocenters. The summed E-state index contributed by atoms with van der Waals surface area (Å²) in [6.07, 6.45) is 1.71. The molecule has 0 spiro atoms. The van der Waals surface area contributed by atoms with Gasteiger partial charge in [0.25, 0.3) is 0 Å². The molecule has 0 aromatic heterocycles. The van der Waals surface area contributed by atoms with Crippen molar-refractivity contribution in [3.05, 3.63) is 0 Å². The van der Waals surface area contributed by atoms with Crippen LogP contribution in [0.2, 0.25) is 0 Å². The maximum atomic E-state index is 10.8. The van der Waals surface area contributed by atoms with Crippen molar-refractivity contribution in [3.63, 3.8) is 0 Å². The first kappa shape index (κ1) is 9.51. The second kappa shape index (κ2) is 4.45. The number of hydrogen-bond donors (Lipinski definition) is 2. The third-order valence-corrected chi connectivity index (χ3v) is 2.51. The molecular weight excluding hydrogens is 174 g/mol. The lowest BCUT2D eigenvalue weighted by Crippen LogP contribution is -2.41. The van der Waals surface area contributed by atoms with Crippen molar-refractivity contribution in [1.82, 2.24) is 10.6 Å². The van der Waals surface area contributed by atoms with Crippen LogP contribution in [0.25, 0.3) is 0 Å². The normalized spacial score (nSPS) is 21.0. The largest absolute Gasteiger partial charge is 0.355 e. The number of nitrogens with zero attached hydrogens (tertiary/aromatic N) is 1. The first-order valence-electron chi connectivity index (χ1n) is 4.03. The predicted molar refractivity (Wildman–Crippen MR) is 51.8 cm³/mol. The van der Waals surface area contributed by atoms with Gasteiger partial charge < -0.3 is 10.6 Å². The minimum atomic E-state index is -0.741. The highest BCUT2D eigenvalue weighted by Crippen LogP contribution is 1.88. The molecule has 0 aromatic carbocycles. The van der Waals surface area contributed by atoms with Gasteiger partial charge in [-0.1, -0.05) is 0 Å². The molecule has 0 saturated carbocycles. The Kier molecular flexibility index (Phi) is 3.52. The summed E-state index contributed by atoms with van der Waals surface area (Å²) in [5, 5.41) is 6.26. The number of hydrogen-bond acceptors (Lipinski definition) is 4. The van der Waals surface area contributed by atoms with Gasteiger partial charge in [0.1, 0.15) is 0 Å². The van der Waals surface area contributed by atoms with Gasteiger partial charge in [-0.15, -0.1) is 0 Å². The van der Waals surface area contributed by atoms with E-state index in [1.54, 1.807) is 6.26 Å². The number of rotatable bonds is 3. The van der Waals surface area contributed by atoms with Crippen LogP contribution in [0.15, 0.2) is 4.99 Å². The fourth-order valence-electron chi connectivity index (χ4n) is 1.12. The van der Waals surface area contributed by atoms with Crippen LogP contribution in [0.1, 0.15) is 6.92 Å². The minimum absolute atomic E-state index is 0.222. The summed E-state index contributed by atoms with van der Waals surface area (Å²) in [5.41, 5.74) is 0. The molecule has 0 amide bonds. The molecule has 0 saturated heterocycles. The van der Waals surface area contributed by atoms with E-state index in [4.69, 9.17) is 0 Å². The fourth-order valence-corrected chi connectivity index (χ4v) is 1.91. The van der Waals surface area contributed by atoms with E-state index in [2.05, 4.69) is 15.6 Å². The Bertz CT molecular complexity index is 205. The number of aliphatic imine (C=N–C) groups is 1. The molecule has 1 heterocycles. The summed E-state index contributed by atoms with van der Waals surface area (Å²) < 4.78 is 10.8. The van der Waals surface area contributed by atoms with Gasteiger partial charge in [0, 0.05) is 35.4 Å². The molecule has 12 heavy (non-hydrogen) atoms. The first-order chi connectivity index (χ1) is 5.68. The molecule has 70 valence electrons. The van der Waals surface area contributed by atoms with Gasteiger partial charge in [-0.2, -0.15) is 0 Å². The molecule has 0 aromatic rings. The van der Waals surface area contributed by atoms with Gasteiger partial charge in [-0.05, 0) is 6.92 Å². The van der Waals surface area contributed by atoms with Crippen LogP contribution in [0.3, 0.4) is 0 Å². The second-order valence-corrected chi connectivity index (χ2v) is 4.42. The molecule has 0 radical (unpaired) electrons. The van der Waals surface area contributed by atoms with Gasteiger partial charge in [0.15, 0.2) is 5.96 Å². The summed E-state index contributed by atoms with van der Waals surface area (Å²) in [7, 11) is -0.741. The van der Waals surface area contributed by atoms with Gasteiger partial charge >= 0.3 is 0 Å². The third kappa shape index (κ3) is 3.21. The average molecular weight is 189 g/mol. The van der Waals surface area contributed by atoms with Crippen molar-refractivity contribution >= 4 is 16.8 Å².